The van der Waals surface area contributed by atoms with Gasteiger partial charge in [0.25, 0.3) is 17.7 Å². The van der Waals surface area contributed by atoms with E-state index < -0.39 is 36.2 Å². The molecular weight excluding hydrogens is 307 g/mol. The lowest BCUT2D eigenvalue weighted by molar-refractivity contribution is 0.0545. The second kappa shape index (κ2) is 5.81. The largest absolute Gasteiger partial charge is 0.471 e. The lowest BCUT2D eigenvalue weighted by Crippen LogP contribution is -2.41. The number of carbonyl (C=O) groups excluding carboxylic acids is 2. The van der Waals surface area contributed by atoms with Crippen molar-refractivity contribution in [2.24, 2.45) is 0 Å². The van der Waals surface area contributed by atoms with E-state index in [1.165, 1.54) is 0 Å². The zero-order valence-electron chi connectivity index (χ0n) is 12.2. The van der Waals surface area contributed by atoms with E-state index in [9.17, 15) is 14.0 Å². The van der Waals surface area contributed by atoms with Crippen LogP contribution in [0.15, 0.2) is 28.8 Å². The third-order valence-corrected chi connectivity index (χ3v) is 3.54. The van der Waals surface area contributed by atoms with Gasteiger partial charge in [-0.2, -0.15) is 4.39 Å². The highest BCUT2D eigenvalue weighted by Gasteiger charge is 2.38. The second-order valence-electron chi connectivity index (χ2n) is 5.07. The number of nitrogens with zero attached hydrogens (tertiary/aromatic N) is 2. The number of fused-ring (bicyclic) bond motifs is 1. The molecule has 0 unspecified atom stereocenters. The summed E-state index contributed by atoms with van der Waals surface area (Å²) >= 11 is 0. The monoisotopic (exact) mass is 320 g/mol. The van der Waals surface area contributed by atoms with Crippen molar-refractivity contribution in [3.63, 3.8) is 0 Å². The van der Waals surface area contributed by atoms with E-state index in [1.807, 2.05) is 0 Å². The molecule has 23 heavy (non-hydrogen) atoms. The van der Waals surface area contributed by atoms with Crippen LogP contribution >= 0.6 is 0 Å². The quantitative estimate of drug-likeness (QED) is 0.836. The van der Waals surface area contributed by atoms with Crippen molar-refractivity contribution in [1.82, 2.24) is 10.1 Å². The Morgan fingerprint density at radius 2 is 1.91 bits per heavy atom. The Morgan fingerprint density at radius 3 is 2.43 bits per heavy atom. The zero-order valence-corrected chi connectivity index (χ0v) is 12.2. The van der Waals surface area contributed by atoms with Gasteiger partial charge >= 0.3 is 0 Å². The van der Waals surface area contributed by atoms with E-state index in [0.717, 1.165) is 4.90 Å². The van der Waals surface area contributed by atoms with E-state index in [1.54, 1.807) is 31.2 Å². The number of imide groups is 1. The maximum atomic E-state index is 13.6. The van der Waals surface area contributed by atoms with Crippen molar-refractivity contribution < 1.29 is 28.3 Å². The van der Waals surface area contributed by atoms with Crippen molar-refractivity contribution in [2.45, 2.75) is 19.6 Å². The molecule has 3 rings (SSSR count). The van der Waals surface area contributed by atoms with Gasteiger partial charge in [-0.1, -0.05) is 12.1 Å². The molecule has 7 nitrogen and oxygen atoms in total. The van der Waals surface area contributed by atoms with Gasteiger partial charge in [0.05, 0.1) is 17.2 Å². The Hall–Kier alpha value is -2.74. The van der Waals surface area contributed by atoms with Crippen LogP contribution in [-0.4, -0.2) is 39.6 Å². The molecule has 2 amide bonds. The van der Waals surface area contributed by atoms with Crippen molar-refractivity contribution in [3.05, 3.63) is 47.0 Å². The van der Waals surface area contributed by atoms with Crippen molar-refractivity contribution in [1.29, 1.82) is 0 Å². The standard InChI is InChI=1S/C15H13FN2O5/c1-8(7-22-13-12(16)11(6-19)23-17-13)18-14(20)9-4-2-3-5-10(9)15(18)21/h2-5,8,19H,6-7H2,1H3/t8-/m0/s1. The predicted molar refractivity (Wildman–Crippen MR) is 74.3 cm³/mol. The highest BCUT2D eigenvalue weighted by atomic mass is 19.1. The van der Waals surface area contributed by atoms with Gasteiger partial charge in [-0.15, -0.1) is 0 Å². The smallest absolute Gasteiger partial charge is 0.291 e. The molecule has 0 aliphatic carbocycles. The number of ether oxygens (including phenoxy) is 1. The minimum Gasteiger partial charge on any atom is -0.471 e. The first kappa shape index (κ1) is 15.2. The average molecular weight is 320 g/mol. The third kappa shape index (κ3) is 2.46. The highest BCUT2D eigenvalue weighted by Crippen LogP contribution is 2.25. The van der Waals surface area contributed by atoms with Gasteiger partial charge in [0.15, 0.2) is 0 Å². The van der Waals surface area contributed by atoms with E-state index in [2.05, 4.69) is 9.68 Å². The van der Waals surface area contributed by atoms with Crippen LogP contribution in [0.5, 0.6) is 5.88 Å². The molecular formula is C15H13FN2O5. The molecule has 2 heterocycles. The van der Waals surface area contributed by atoms with Gasteiger partial charge in [0.1, 0.15) is 13.2 Å². The lowest BCUT2D eigenvalue weighted by atomic mass is 10.1. The minimum atomic E-state index is -0.901. The van der Waals surface area contributed by atoms with Gasteiger partial charge in [-0.3, -0.25) is 14.5 Å². The zero-order chi connectivity index (χ0) is 16.6. The van der Waals surface area contributed by atoms with Gasteiger partial charge in [0, 0.05) is 0 Å². The molecule has 0 fully saturated rings. The van der Waals surface area contributed by atoms with E-state index in [0.29, 0.717) is 11.1 Å². The molecule has 1 atom stereocenters. The van der Waals surface area contributed by atoms with Crippen LogP contribution < -0.4 is 4.74 Å². The number of amides is 2. The van der Waals surface area contributed by atoms with E-state index in [4.69, 9.17) is 9.84 Å². The van der Waals surface area contributed by atoms with Crippen LogP contribution in [0.25, 0.3) is 0 Å². The van der Waals surface area contributed by atoms with Gasteiger partial charge in [0.2, 0.25) is 11.6 Å². The van der Waals surface area contributed by atoms with Gasteiger partial charge < -0.3 is 14.4 Å². The fourth-order valence-electron chi connectivity index (χ4n) is 2.37. The number of halogens is 1. The number of rotatable bonds is 5. The van der Waals surface area contributed by atoms with Crippen molar-refractivity contribution >= 4 is 11.8 Å². The van der Waals surface area contributed by atoms with Crippen LogP contribution in [0.3, 0.4) is 0 Å². The first-order valence-electron chi connectivity index (χ1n) is 6.89. The van der Waals surface area contributed by atoms with Crippen LogP contribution in [0.1, 0.15) is 33.4 Å². The maximum Gasteiger partial charge on any atom is 0.291 e. The Balaban J connectivity index is 1.72. The number of aromatic nitrogens is 1. The first-order chi connectivity index (χ1) is 11.0. The molecule has 0 radical (unpaired) electrons. The van der Waals surface area contributed by atoms with Crippen LogP contribution in [-0.2, 0) is 6.61 Å². The number of carbonyl (C=O) groups is 2. The molecule has 0 spiro atoms. The Kier molecular flexibility index (Phi) is 3.83. The summed E-state index contributed by atoms with van der Waals surface area (Å²) in [6.07, 6.45) is 0. The predicted octanol–water partition coefficient (Wildman–Crippen LogP) is 1.37. The van der Waals surface area contributed by atoms with E-state index >= 15 is 0 Å². The Labute approximate surface area is 130 Å². The summed E-state index contributed by atoms with van der Waals surface area (Å²) in [6, 6.07) is 5.88. The van der Waals surface area contributed by atoms with Gasteiger partial charge in [-0.05, 0) is 24.2 Å². The fraction of sp³-hybridized carbons (Fsp3) is 0.267. The molecule has 0 saturated carbocycles. The molecule has 120 valence electrons. The SMILES string of the molecule is C[C@@H](COc1noc(CO)c1F)N1C(=O)c2ccccc2C1=O. The molecule has 8 heteroatoms. The van der Waals surface area contributed by atoms with Crippen LogP contribution in [0, 0.1) is 5.82 Å². The molecule has 1 aromatic heterocycles. The lowest BCUT2D eigenvalue weighted by Gasteiger charge is -2.21. The number of aliphatic hydroxyl groups is 1. The first-order valence-corrected chi connectivity index (χ1v) is 6.89. The molecule has 0 bridgehead atoms. The third-order valence-electron chi connectivity index (χ3n) is 3.54. The molecule has 1 aliphatic rings. The van der Waals surface area contributed by atoms with Gasteiger partial charge in [-0.25, -0.2) is 0 Å². The summed E-state index contributed by atoms with van der Waals surface area (Å²) in [5, 5.41) is 12.2. The Bertz CT molecular complexity index is 738. The van der Waals surface area contributed by atoms with Crippen molar-refractivity contribution in [3.8, 4) is 5.88 Å². The van der Waals surface area contributed by atoms with Crippen molar-refractivity contribution in [2.75, 3.05) is 6.61 Å². The summed E-state index contributed by atoms with van der Waals surface area (Å²) in [4.78, 5) is 25.6. The van der Waals surface area contributed by atoms with Crippen LogP contribution in [0.2, 0.25) is 0 Å². The number of hydrogen-bond acceptors (Lipinski definition) is 6. The fourth-order valence-corrected chi connectivity index (χ4v) is 2.37. The molecule has 0 saturated heterocycles. The summed E-state index contributed by atoms with van der Waals surface area (Å²) in [7, 11) is 0. The number of aliphatic hydroxyl groups excluding tert-OH is 1. The summed E-state index contributed by atoms with van der Waals surface area (Å²) in [5.74, 6) is -2.50. The Morgan fingerprint density at radius 1 is 1.30 bits per heavy atom. The molecule has 2 aromatic rings. The summed E-state index contributed by atoms with van der Waals surface area (Å²) in [6.45, 7) is 0.808. The normalized spacial score (nSPS) is 15.0. The second-order valence-corrected chi connectivity index (χ2v) is 5.07. The molecule has 1 aromatic carbocycles. The topological polar surface area (TPSA) is 92.9 Å². The number of hydrogen-bond donors (Lipinski definition) is 1. The minimum absolute atomic E-state index is 0.153. The van der Waals surface area contributed by atoms with E-state index in [-0.39, 0.29) is 12.4 Å². The summed E-state index contributed by atoms with van der Waals surface area (Å²) in [5.41, 5.74) is 0.666. The summed E-state index contributed by atoms with van der Waals surface area (Å²) < 4.78 is 23.3. The highest BCUT2D eigenvalue weighted by molar-refractivity contribution is 6.21. The molecule has 1 N–H and O–H groups in total. The van der Waals surface area contributed by atoms with Crippen LogP contribution in [0.4, 0.5) is 4.39 Å². The average Bonchev–Trinajstić information content (AvgIpc) is 3.04. The number of benzene rings is 1. The molecule has 1 aliphatic heterocycles. The maximum absolute atomic E-state index is 13.6.